The number of aromatic amines is 1. The highest BCUT2D eigenvalue weighted by molar-refractivity contribution is 7.13. The molecule has 0 unspecified atom stereocenters. The fraction of sp³-hybridized carbons (Fsp3) is 0.273. The number of rotatable bonds is 3. The van der Waals surface area contributed by atoms with Crippen molar-refractivity contribution < 1.29 is 0 Å². The molecule has 0 amide bonds. The van der Waals surface area contributed by atoms with Gasteiger partial charge in [-0.1, -0.05) is 0 Å². The first kappa shape index (κ1) is 10.5. The number of hydrogen-bond donors (Lipinski definition) is 2. The van der Waals surface area contributed by atoms with E-state index < -0.39 is 0 Å². The zero-order valence-corrected chi connectivity index (χ0v) is 10.3. The van der Waals surface area contributed by atoms with Crippen LogP contribution in [0.2, 0.25) is 0 Å². The Morgan fingerprint density at radius 2 is 2.35 bits per heavy atom. The van der Waals surface area contributed by atoms with Gasteiger partial charge < -0.3 is 10.7 Å². The molecule has 0 atom stereocenters. The van der Waals surface area contributed by atoms with Gasteiger partial charge in [0.25, 0.3) is 0 Å². The van der Waals surface area contributed by atoms with Crippen LogP contribution < -0.4 is 5.73 Å². The summed E-state index contributed by atoms with van der Waals surface area (Å²) in [5, 5.41) is 0. The first-order chi connectivity index (χ1) is 8.29. The van der Waals surface area contributed by atoms with Gasteiger partial charge in [0.05, 0.1) is 28.0 Å². The fourth-order valence-electron chi connectivity index (χ4n) is 1.92. The molecule has 0 aliphatic rings. The van der Waals surface area contributed by atoms with Crippen molar-refractivity contribution in [3.8, 4) is 10.6 Å². The number of aromatic nitrogens is 4. The lowest BCUT2D eigenvalue weighted by Crippen LogP contribution is -2.04. The predicted molar refractivity (Wildman–Crippen MR) is 68.1 cm³/mol. The van der Waals surface area contributed by atoms with Gasteiger partial charge in [0.2, 0.25) is 5.78 Å². The van der Waals surface area contributed by atoms with Gasteiger partial charge in [0.1, 0.15) is 0 Å². The first-order valence-electron chi connectivity index (χ1n) is 5.45. The largest absolute Gasteiger partial charge is 0.330 e. The molecule has 0 aliphatic heterocycles. The molecule has 6 heteroatoms. The Labute approximate surface area is 102 Å². The minimum atomic E-state index is 0.633. The molecule has 0 spiro atoms. The van der Waals surface area contributed by atoms with Crippen molar-refractivity contribution in [2.24, 2.45) is 5.73 Å². The van der Waals surface area contributed by atoms with Crippen LogP contribution in [0.4, 0.5) is 0 Å². The lowest BCUT2D eigenvalue weighted by molar-refractivity contribution is 0.908. The van der Waals surface area contributed by atoms with Crippen LogP contribution in [0.1, 0.15) is 11.4 Å². The van der Waals surface area contributed by atoms with Crippen LogP contribution in [0, 0.1) is 6.92 Å². The summed E-state index contributed by atoms with van der Waals surface area (Å²) in [7, 11) is 0. The lowest BCUT2D eigenvalue weighted by atomic mass is 10.3. The van der Waals surface area contributed by atoms with E-state index >= 15 is 0 Å². The van der Waals surface area contributed by atoms with E-state index in [9.17, 15) is 0 Å². The molecule has 88 valence electrons. The molecule has 5 nitrogen and oxygen atoms in total. The molecule has 0 radical (unpaired) electrons. The van der Waals surface area contributed by atoms with E-state index in [4.69, 9.17) is 5.73 Å². The quantitative estimate of drug-likeness (QED) is 0.738. The van der Waals surface area contributed by atoms with Crippen LogP contribution in [0.15, 0.2) is 17.9 Å². The number of H-pyrrole nitrogens is 1. The average molecular weight is 247 g/mol. The van der Waals surface area contributed by atoms with Gasteiger partial charge in [-0.3, -0.25) is 4.40 Å². The minimum Gasteiger partial charge on any atom is -0.330 e. The molecule has 0 saturated heterocycles. The van der Waals surface area contributed by atoms with Crippen molar-refractivity contribution in [1.82, 2.24) is 19.4 Å². The van der Waals surface area contributed by atoms with Crippen molar-refractivity contribution in [2.45, 2.75) is 13.3 Å². The summed E-state index contributed by atoms with van der Waals surface area (Å²) in [6.45, 7) is 2.64. The van der Waals surface area contributed by atoms with Gasteiger partial charge in [-0.2, -0.15) is 0 Å². The van der Waals surface area contributed by atoms with Crippen molar-refractivity contribution in [1.29, 1.82) is 0 Å². The number of hydrogen-bond acceptors (Lipinski definition) is 4. The van der Waals surface area contributed by atoms with Gasteiger partial charge in [-0.25, -0.2) is 9.97 Å². The Kier molecular flexibility index (Phi) is 2.45. The van der Waals surface area contributed by atoms with E-state index in [1.54, 1.807) is 11.3 Å². The number of fused-ring (bicyclic) bond motifs is 1. The summed E-state index contributed by atoms with van der Waals surface area (Å²) in [4.78, 5) is 13.0. The monoisotopic (exact) mass is 247 g/mol. The van der Waals surface area contributed by atoms with Crippen LogP contribution in [0.3, 0.4) is 0 Å². The highest BCUT2D eigenvalue weighted by Gasteiger charge is 2.11. The average Bonchev–Trinajstić information content (AvgIpc) is 2.95. The molecular formula is C11H13N5S. The number of aryl methyl sites for hydroxylation is 1. The second kappa shape index (κ2) is 3.97. The molecule has 3 rings (SSSR count). The molecule has 0 fully saturated rings. The third-order valence-corrected chi connectivity index (χ3v) is 3.73. The Bertz CT molecular complexity index is 648. The van der Waals surface area contributed by atoms with Gasteiger partial charge >= 0.3 is 0 Å². The summed E-state index contributed by atoms with van der Waals surface area (Å²) >= 11 is 1.63. The molecule has 3 heterocycles. The summed E-state index contributed by atoms with van der Waals surface area (Å²) in [5.41, 5.74) is 10.7. The normalized spacial score (nSPS) is 11.4. The van der Waals surface area contributed by atoms with Crippen LogP contribution >= 0.6 is 11.3 Å². The smallest absolute Gasteiger partial charge is 0.211 e. The van der Waals surface area contributed by atoms with Gasteiger partial charge in [-0.15, -0.1) is 11.3 Å². The van der Waals surface area contributed by atoms with Crippen LogP contribution in [0.25, 0.3) is 16.3 Å². The number of thiazole rings is 1. The van der Waals surface area contributed by atoms with E-state index in [0.717, 1.165) is 34.2 Å². The zero-order valence-electron chi connectivity index (χ0n) is 9.47. The molecule has 0 aliphatic carbocycles. The van der Waals surface area contributed by atoms with E-state index in [0.29, 0.717) is 6.54 Å². The van der Waals surface area contributed by atoms with E-state index in [-0.39, 0.29) is 0 Å². The van der Waals surface area contributed by atoms with E-state index in [1.807, 2.05) is 18.6 Å². The first-order valence-corrected chi connectivity index (χ1v) is 6.33. The zero-order chi connectivity index (χ0) is 11.8. The Hall–Kier alpha value is -1.66. The summed E-state index contributed by atoms with van der Waals surface area (Å²) in [5.74, 6) is 0.858. The summed E-state index contributed by atoms with van der Waals surface area (Å²) in [6, 6.07) is 0. The van der Waals surface area contributed by atoms with Crippen molar-refractivity contribution in [3.05, 3.63) is 29.3 Å². The number of nitrogens with two attached hydrogens (primary N) is 1. The SMILES string of the molecule is Cc1ncsc1-c1cn2c(CCN)cnc2[nH]1. The molecule has 0 saturated carbocycles. The van der Waals surface area contributed by atoms with Crippen LogP contribution in [-0.4, -0.2) is 25.9 Å². The molecule has 3 aromatic rings. The van der Waals surface area contributed by atoms with Gasteiger partial charge in [-0.05, 0) is 13.5 Å². The molecule has 0 bridgehead atoms. The number of nitrogens with zero attached hydrogens (tertiary/aromatic N) is 3. The number of imidazole rings is 2. The highest BCUT2D eigenvalue weighted by Crippen LogP contribution is 2.26. The third-order valence-electron chi connectivity index (χ3n) is 2.77. The Morgan fingerprint density at radius 1 is 1.47 bits per heavy atom. The van der Waals surface area contributed by atoms with E-state index in [1.165, 1.54) is 0 Å². The minimum absolute atomic E-state index is 0.633. The predicted octanol–water partition coefficient (Wildman–Crippen LogP) is 1.60. The van der Waals surface area contributed by atoms with E-state index in [2.05, 4.69) is 25.5 Å². The van der Waals surface area contributed by atoms with Crippen molar-refractivity contribution in [3.63, 3.8) is 0 Å². The van der Waals surface area contributed by atoms with Crippen molar-refractivity contribution >= 4 is 17.1 Å². The second-order valence-corrected chi connectivity index (χ2v) is 4.77. The molecule has 0 aromatic carbocycles. The van der Waals surface area contributed by atoms with Crippen LogP contribution in [-0.2, 0) is 6.42 Å². The Balaban J connectivity index is 2.11. The fourth-order valence-corrected chi connectivity index (χ4v) is 2.69. The lowest BCUT2D eigenvalue weighted by Gasteiger charge is -1.94. The molecule has 17 heavy (non-hydrogen) atoms. The molecule has 3 N–H and O–H groups in total. The Morgan fingerprint density at radius 3 is 3.06 bits per heavy atom. The number of nitrogens with one attached hydrogen (secondary N) is 1. The molecule has 3 aromatic heterocycles. The van der Waals surface area contributed by atoms with Crippen molar-refractivity contribution in [2.75, 3.05) is 6.54 Å². The summed E-state index contributed by atoms with van der Waals surface area (Å²) in [6.07, 6.45) is 4.76. The third kappa shape index (κ3) is 1.65. The van der Waals surface area contributed by atoms with Crippen LogP contribution in [0.5, 0.6) is 0 Å². The topological polar surface area (TPSA) is 72.0 Å². The maximum Gasteiger partial charge on any atom is 0.211 e. The highest BCUT2D eigenvalue weighted by atomic mass is 32.1. The standard InChI is InChI=1S/C11H13N5S/c1-7-10(17-6-14-7)9-5-16-8(2-3-12)4-13-11(16)15-9/h4-6H,2-3,12H2,1H3,(H,13,15). The van der Waals surface area contributed by atoms with Gasteiger partial charge in [0, 0.05) is 18.3 Å². The maximum atomic E-state index is 5.58. The molecular weight excluding hydrogens is 234 g/mol. The summed E-state index contributed by atoms with van der Waals surface area (Å²) < 4.78 is 2.06. The maximum absolute atomic E-state index is 5.58. The second-order valence-electron chi connectivity index (χ2n) is 3.92. The van der Waals surface area contributed by atoms with Gasteiger partial charge in [0.15, 0.2) is 0 Å².